The van der Waals surface area contributed by atoms with E-state index >= 15 is 0 Å². The van der Waals surface area contributed by atoms with Gasteiger partial charge in [-0.3, -0.25) is 9.78 Å². The van der Waals surface area contributed by atoms with E-state index in [1.54, 1.807) is 18.3 Å². The SMILES string of the molecule is CC(C(=O)O)N(C)C(=O)c1ccnc(C2CC2)c1. The van der Waals surface area contributed by atoms with Gasteiger partial charge in [0.25, 0.3) is 5.91 Å². The lowest BCUT2D eigenvalue weighted by Gasteiger charge is -2.21. The zero-order valence-electron chi connectivity index (χ0n) is 10.5. The number of carboxylic acid groups (broad SMARTS) is 1. The lowest BCUT2D eigenvalue weighted by atomic mass is 10.1. The van der Waals surface area contributed by atoms with E-state index < -0.39 is 12.0 Å². The molecule has 1 amide bonds. The summed E-state index contributed by atoms with van der Waals surface area (Å²) in [5, 5.41) is 8.89. The van der Waals surface area contributed by atoms with Crippen LogP contribution >= 0.6 is 0 Å². The molecule has 1 aliphatic rings. The summed E-state index contributed by atoms with van der Waals surface area (Å²) >= 11 is 0. The van der Waals surface area contributed by atoms with Gasteiger partial charge in [-0.05, 0) is 31.9 Å². The van der Waals surface area contributed by atoms with Crippen molar-refractivity contribution in [3.8, 4) is 0 Å². The zero-order valence-corrected chi connectivity index (χ0v) is 10.5. The second-order valence-electron chi connectivity index (χ2n) is 4.67. The highest BCUT2D eigenvalue weighted by molar-refractivity contribution is 5.96. The van der Waals surface area contributed by atoms with E-state index in [9.17, 15) is 9.59 Å². The number of carbonyl (C=O) groups is 2. The predicted molar refractivity (Wildman–Crippen MR) is 65.4 cm³/mol. The first-order valence-corrected chi connectivity index (χ1v) is 5.96. The molecule has 96 valence electrons. The van der Waals surface area contributed by atoms with E-state index in [2.05, 4.69) is 4.98 Å². The van der Waals surface area contributed by atoms with Crippen molar-refractivity contribution < 1.29 is 14.7 Å². The fraction of sp³-hybridized carbons (Fsp3) is 0.462. The van der Waals surface area contributed by atoms with Gasteiger partial charge in [-0.15, -0.1) is 0 Å². The summed E-state index contributed by atoms with van der Waals surface area (Å²) in [5.41, 5.74) is 1.43. The van der Waals surface area contributed by atoms with Crippen molar-refractivity contribution in [1.29, 1.82) is 0 Å². The van der Waals surface area contributed by atoms with Crippen molar-refractivity contribution in [2.75, 3.05) is 7.05 Å². The first-order chi connectivity index (χ1) is 8.50. The molecule has 1 atom stereocenters. The fourth-order valence-electron chi connectivity index (χ4n) is 1.73. The first-order valence-electron chi connectivity index (χ1n) is 5.96. The van der Waals surface area contributed by atoms with Gasteiger partial charge in [0, 0.05) is 30.4 Å². The van der Waals surface area contributed by atoms with E-state index in [0.29, 0.717) is 11.5 Å². The molecule has 0 spiro atoms. The van der Waals surface area contributed by atoms with Crippen LogP contribution in [0, 0.1) is 0 Å². The first kappa shape index (κ1) is 12.5. The van der Waals surface area contributed by atoms with Crippen LogP contribution < -0.4 is 0 Å². The molecule has 1 unspecified atom stereocenters. The minimum Gasteiger partial charge on any atom is -0.480 e. The Hall–Kier alpha value is -1.91. The molecule has 1 aromatic heterocycles. The summed E-state index contributed by atoms with van der Waals surface area (Å²) in [7, 11) is 1.50. The third-order valence-corrected chi connectivity index (χ3v) is 3.28. The number of hydrogen-bond donors (Lipinski definition) is 1. The van der Waals surface area contributed by atoms with Gasteiger partial charge in [0.2, 0.25) is 0 Å². The summed E-state index contributed by atoms with van der Waals surface area (Å²) in [6, 6.07) is 2.56. The molecule has 18 heavy (non-hydrogen) atoms. The van der Waals surface area contributed by atoms with Crippen molar-refractivity contribution in [1.82, 2.24) is 9.88 Å². The van der Waals surface area contributed by atoms with Gasteiger partial charge in [0.1, 0.15) is 6.04 Å². The van der Waals surface area contributed by atoms with Gasteiger partial charge in [-0.2, -0.15) is 0 Å². The second kappa shape index (κ2) is 4.76. The van der Waals surface area contributed by atoms with Crippen LogP contribution in [-0.4, -0.2) is 40.0 Å². The van der Waals surface area contributed by atoms with Gasteiger partial charge >= 0.3 is 5.97 Å². The number of aromatic nitrogens is 1. The molecule has 1 saturated carbocycles. The molecule has 1 aliphatic carbocycles. The zero-order chi connectivity index (χ0) is 13.3. The Morgan fingerprint density at radius 1 is 1.50 bits per heavy atom. The number of carboxylic acids is 1. The number of carbonyl (C=O) groups excluding carboxylic acids is 1. The number of likely N-dealkylation sites (N-methyl/N-ethyl adjacent to an activating group) is 1. The number of pyridine rings is 1. The largest absolute Gasteiger partial charge is 0.480 e. The van der Waals surface area contributed by atoms with Crippen LogP contribution in [-0.2, 0) is 4.79 Å². The lowest BCUT2D eigenvalue weighted by Crippen LogP contribution is -2.40. The molecule has 0 radical (unpaired) electrons. The van der Waals surface area contributed by atoms with Crippen LogP contribution in [0.25, 0.3) is 0 Å². The number of rotatable bonds is 4. The van der Waals surface area contributed by atoms with E-state index in [-0.39, 0.29) is 5.91 Å². The van der Waals surface area contributed by atoms with E-state index in [1.165, 1.54) is 18.9 Å². The Morgan fingerprint density at radius 2 is 2.17 bits per heavy atom. The van der Waals surface area contributed by atoms with Crippen molar-refractivity contribution in [2.45, 2.75) is 31.7 Å². The Kier molecular flexibility index (Phi) is 3.32. The Bertz CT molecular complexity index is 483. The molecule has 5 heteroatoms. The molecule has 1 fully saturated rings. The van der Waals surface area contributed by atoms with Crippen molar-refractivity contribution in [3.05, 3.63) is 29.6 Å². The molecule has 1 aromatic rings. The van der Waals surface area contributed by atoms with Gasteiger partial charge in [0.05, 0.1) is 0 Å². The Morgan fingerprint density at radius 3 is 2.72 bits per heavy atom. The summed E-state index contributed by atoms with van der Waals surface area (Å²) in [5.74, 6) is -0.823. The second-order valence-corrected chi connectivity index (χ2v) is 4.67. The van der Waals surface area contributed by atoms with Crippen molar-refractivity contribution in [2.24, 2.45) is 0 Å². The van der Waals surface area contributed by atoms with E-state index in [1.807, 2.05) is 0 Å². The molecular formula is C13H16N2O3. The Balaban J connectivity index is 2.17. The topological polar surface area (TPSA) is 70.5 Å². The maximum absolute atomic E-state index is 12.1. The normalized spacial score (nSPS) is 16.1. The highest BCUT2D eigenvalue weighted by Gasteiger charge is 2.27. The molecule has 5 nitrogen and oxygen atoms in total. The lowest BCUT2D eigenvalue weighted by molar-refractivity contribution is -0.141. The maximum atomic E-state index is 12.1. The van der Waals surface area contributed by atoms with Crippen LogP contribution in [0.2, 0.25) is 0 Å². The average molecular weight is 248 g/mol. The van der Waals surface area contributed by atoms with Gasteiger partial charge < -0.3 is 10.0 Å². The number of amides is 1. The van der Waals surface area contributed by atoms with Gasteiger partial charge in [0.15, 0.2) is 0 Å². The molecule has 0 bridgehead atoms. The minimum atomic E-state index is -1.01. The molecule has 0 saturated heterocycles. The third-order valence-electron chi connectivity index (χ3n) is 3.28. The molecule has 0 aliphatic heterocycles. The smallest absolute Gasteiger partial charge is 0.326 e. The quantitative estimate of drug-likeness (QED) is 0.876. The predicted octanol–water partition coefficient (Wildman–Crippen LogP) is 1.50. The van der Waals surface area contributed by atoms with Crippen molar-refractivity contribution >= 4 is 11.9 Å². The standard InChI is InChI=1S/C13H16N2O3/c1-8(13(17)18)15(2)12(16)10-5-6-14-11(7-10)9-3-4-9/h5-9H,3-4H2,1-2H3,(H,17,18). The third kappa shape index (κ3) is 2.50. The molecule has 0 aromatic carbocycles. The number of nitrogens with zero attached hydrogens (tertiary/aromatic N) is 2. The van der Waals surface area contributed by atoms with Crippen molar-refractivity contribution in [3.63, 3.8) is 0 Å². The minimum absolute atomic E-state index is 0.283. The van der Waals surface area contributed by atoms with Gasteiger partial charge in [-0.1, -0.05) is 0 Å². The summed E-state index contributed by atoms with van der Waals surface area (Å²) in [6.45, 7) is 1.49. The van der Waals surface area contributed by atoms with Crippen LogP contribution in [0.4, 0.5) is 0 Å². The monoisotopic (exact) mass is 248 g/mol. The summed E-state index contributed by atoms with van der Waals surface area (Å²) < 4.78 is 0. The summed E-state index contributed by atoms with van der Waals surface area (Å²) in [6.07, 6.45) is 3.85. The summed E-state index contributed by atoms with van der Waals surface area (Å²) in [4.78, 5) is 28.4. The fourth-order valence-corrected chi connectivity index (χ4v) is 1.73. The molecule has 2 rings (SSSR count). The molecule has 1 N–H and O–H groups in total. The molecular weight excluding hydrogens is 232 g/mol. The maximum Gasteiger partial charge on any atom is 0.326 e. The van der Waals surface area contributed by atoms with E-state index in [0.717, 1.165) is 18.5 Å². The van der Waals surface area contributed by atoms with E-state index in [4.69, 9.17) is 5.11 Å². The Labute approximate surface area is 105 Å². The van der Waals surface area contributed by atoms with Crippen LogP contribution in [0.15, 0.2) is 18.3 Å². The number of aliphatic carboxylic acids is 1. The van der Waals surface area contributed by atoms with Crippen LogP contribution in [0.5, 0.6) is 0 Å². The highest BCUT2D eigenvalue weighted by atomic mass is 16.4. The average Bonchev–Trinajstić information content (AvgIpc) is 3.20. The molecule has 1 heterocycles. The van der Waals surface area contributed by atoms with Gasteiger partial charge in [-0.25, -0.2) is 4.79 Å². The highest BCUT2D eigenvalue weighted by Crippen LogP contribution is 2.39. The van der Waals surface area contributed by atoms with Crippen LogP contribution in [0.3, 0.4) is 0 Å². The van der Waals surface area contributed by atoms with Crippen LogP contribution in [0.1, 0.15) is 41.7 Å². The number of hydrogen-bond acceptors (Lipinski definition) is 3.